The molecule has 1 aliphatic rings. The van der Waals surface area contributed by atoms with Crippen LogP contribution in [0.5, 0.6) is 0 Å². The third kappa shape index (κ3) is 5.49. The second-order valence-electron chi connectivity index (χ2n) is 6.48. The smallest absolute Gasteiger partial charge is 0.192 e. The van der Waals surface area contributed by atoms with Crippen molar-refractivity contribution in [2.75, 3.05) is 0 Å². The van der Waals surface area contributed by atoms with Gasteiger partial charge in [-0.1, -0.05) is 71.1 Å². The van der Waals surface area contributed by atoms with E-state index in [0.717, 1.165) is 25.3 Å². The van der Waals surface area contributed by atoms with Gasteiger partial charge in [0.1, 0.15) is 6.10 Å². The molecule has 0 aliphatic heterocycles. The molecule has 0 spiro atoms. The van der Waals surface area contributed by atoms with E-state index in [1.807, 2.05) is 0 Å². The van der Waals surface area contributed by atoms with Gasteiger partial charge in [-0.15, -0.1) is 0 Å². The molecular formula is C18H32O4. The average molecular weight is 312 g/mol. The summed E-state index contributed by atoms with van der Waals surface area (Å²) in [5, 5.41) is 29.8. The van der Waals surface area contributed by atoms with Crippen LogP contribution < -0.4 is 0 Å². The van der Waals surface area contributed by atoms with Crippen LogP contribution in [0.25, 0.3) is 0 Å². The van der Waals surface area contributed by atoms with E-state index in [0.29, 0.717) is 6.42 Å². The second kappa shape index (κ2) is 10.1. The summed E-state index contributed by atoms with van der Waals surface area (Å²) in [5.74, 6) is -0.598. The molecule has 3 N–H and O–H groups in total. The van der Waals surface area contributed by atoms with Gasteiger partial charge in [0, 0.05) is 0 Å². The average Bonchev–Trinajstić information content (AvgIpc) is 2.77. The molecule has 128 valence electrons. The topological polar surface area (TPSA) is 77.8 Å². The maximum absolute atomic E-state index is 11.6. The molecule has 0 saturated heterocycles. The Hall–Kier alpha value is -0.710. The van der Waals surface area contributed by atoms with Crippen molar-refractivity contribution in [3.63, 3.8) is 0 Å². The first-order valence-corrected chi connectivity index (χ1v) is 8.84. The highest BCUT2D eigenvalue weighted by Gasteiger charge is 2.50. The van der Waals surface area contributed by atoms with E-state index in [2.05, 4.69) is 6.92 Å². The van der Waals surface area contributed by atoms with Gasteiger partial charge in [0.15, 0.2) is 11.4 Å². The predicted molar refractivity (Wildman–Crippen MR) is 87.6 cm³/mol. The number of carbonyl (C=O) groups is 1. The zero-order valence-electron chi connectivity index (χ0n) is 13.8. The standard InChI is InChI=1S/C18H32O4/c1-2-3-4-5-6-7-8-9-10-11-12-15(19)18(22)16(20)13-14-17(18)21/h13-16,19-20,22H,2-12H2,1H3/t15-,16-,18+/m1/s1. The molecule has 0 aromatic rings. The fourth-order valence-corrected chi connectivity index (χ4v) is 3.01. The molecule has 1 rings (SSSR count). The number of ketones is 1. The highest BCUT2D eigenvalue weighted by molar-refractivity contribution is 6.00. The van der Waals surface area contributed by atoms with Gasteiger partial charge in [-0.2, -0.15) is 0 Å². The maximum atomic E-state index is 11.6. The van der Waals surface area contributed by atoms with Gasteiger partial charge in [-0.25, -0.2) is 0 Å². The second-order valence-corrected chi connectivity index (χ2v) is 6.48. The first-order valence-electron chi connectivity index (χ1n) is 8.84. The van der Waals surface area contributed by atoms with Gasteiger partial charge >= 0.3 is 0 Å². The van der Waals surface area contributed by atoms with E-state index in [9.17, 15) is 20.1 Å². The molecule has 0 saturated carbocycles. The molecule has 0 aromatic heterocycles. The Kier molecular flexibility index (Phi) is 8.91. The molecule has 0 fully saturated rings. The van der Waals surface area contributed by atoms with Gasteiger partial charge in [-0.05, 0) is 18.6 Å². The molecule has 4 nitrogen and oxygen atoms in total. The van der Waals surface area contributed by atoms with E-state index in [1.54, 1.807) is 0 Å². The molecule has 3 atom stereocenters. The van der Waals surface area contributed by atoms with Gasteiger partial charge in [-0.3, -0.25) is 4.79 Å². The van der Waals surface area contributed by atoms with E-state index in [-0.39, 0.29) is 0 Å². The minimum absolute atomic E-state index is 0.345. The first kappa shape index (κ1) is 19.3. The van der Waals surface area contributed by atoms with Crippen LogP contribution in [0.2, 0.25) is 0 Å². The summed E-state index contributed by atoms with van der Waals surface area (Å²) < 4.78 is 0. The lowest BCUT2D eigenvalue weighted by Gasteiger charge is -2.30. The Labute approximate surface area is 134 Å². The van der Waals surface area contributed by atoms with Crippen LogP contribution in [0, 0.1) is 0 Å². The van der Waals surface area contributed by atoms with Crippen LogP contribution in [0.4, 0.5) is 0 Å². The molecule has 0 unspecified atom stereocenters. The molecule has 0 aromatic carbocycles. The highest BCUT2D eigenvalue weighted by Crippen LogP contribution is 2.27. The van der Waals surface area contributed by atoms with Crippen molar-refractivity contribution in [2.24, 2.45) is 0 Å². The SMILES string of the molecule is CCCCCCCCCCCC[C@@H](O)[C@@]1(O)C(=O)C=C[C@H]1O. The minimum atomic E-state index is -2.03. The Morgan fingerprint density at radius 2 is 1.55 bits per heavy atom. The molecule has 0 amide bonds. The van der Waals surface area contributed by atoms with E-state index in [1.165, 1.54) is 51.0 Å². The molecule has 4 heteroatoms. The molecule has 22 heavy (non-hydrogen) atoms. The molecule has 1 aliphatic carbocycles. The quantitative estimate of drug-likeness (QED) is 0.484. The monoisotopic (exact) mass is 312 g/mol. The number of aliphatic hydroxyl groups is 3. The fourth-order valence-electron chi connectivity index (χ4n) is 3.01. The minimum Gasteiger partial charge on any atom is -0.390 e. The van der Waals surface area contributed by atoms with Crippen molar-refractivity contribution in [1.29, 1.82) is 0 Å². The van der Waals surface area contributed by atoms with Crippen molar-refractivity contribution in [3.05, 3.63) is 12.2 Å². The van der Waals surface area contributed by atoms with E-state index in [4.69, 9.17) is 0 Å². The Bertz CT molecular complexity index is 353. The summed E-state index contributed by atoms with van der Waals surface area (Å²) in [7, 11) is 0. The fraction of sp³-hybridized carbons (Fsp3) is 0.833. The van der Waals surface area contributed by atoms with Crippen LogP contribution in [0.1, 0.15) is 77.6 Å². The summed E-state index contributed by atoms with van der Waals surface area (Å²) in [4.78, 5) is 11.6. The Morgan fingerprint density at radius 3 is 2.00 bits per heavy atom. The predicted octanol–water partition coefficient (Wildman–Crippen LogP) is 2.89. The summed E-state index contributed by atoms with van der Waals surface area (Å²) in [6.45, 7) is 2.22. The summed E-state index contributed by atoms with van der Waals surface area (Å²) in [5.41, 5.74) is -2.03. The summed E-state index contributed by atoms with van der Waals surface area (Å²) >= 11 is 0. The number of carbonyl (C=O) groups excluding carboxylic acids is 1. The van der Waals surface area contributed by atoms with Crippen LogP contribution in [-0.2, 0) is 4.79 Å². The van der Waals surface area contributed by atoms with Crippen molar-refractivity contribution in [1.82, 2.24) is 0 Å². The van der Waals surface area contributed by atoms with Crippen LogP contribution in [0.3, 0.4) is 0 Å². The molecule has 0 bridgehead atoms. The molecule has 0 heterocycles. The Balaban J connectivity index is 2.04. The number of unbranched alkanes of at least 4 members (excludes halogenated alkanes) is 9. The molecule has 0 radical (unpaired) electrons. The zero-order chi connectivity index (χ0) is 16.4. The lowest BCUT2D eigenvalue weighted by molar-refractivity contribution is -0.158. The third-order valence-electron chi connectivity index (χ3n) is 4.61. The van der Waals surface area contributed by atoms with Crippen LogP contribution in [0.15, 0.2) is 12.2 Å². The van der Waals surface area contributed by atoms with E-state index >= 15 is 0 Å². The van der Waals surface area contributed by atoms with E-state index < -0.39 is 23.6 Å². The summed E-state index contributed by atoms with van der Waals surface area (Å²) in [6, 6.07) is 0. The van der Waals surface area contributed by atoms with Gasteiger partial charge < -0.3 is 15.3 Å². The van der Waals surface area contributed by atoms with Crippen molar-refractivity contribution < 1.29 is 20.1 Å². The number of aliphatic hydroxyl groups excluding tert-OH is 2. The van der Waals surface area contributed by atoms with Crippen molar-refractivity contribution in [3.8, 4) is 0 Å². The normalized spacial score (nSPS) is 25.8. The van der Waals surface area contributed by atoms with Crippen LogP contribution >= 0.6 is 0 Å². The molecular weight excluding hydrogens is 280 g/mol. The highest BCUT2D eigenvalue weighted by atomic mass is 16.4. The maximum Gasteiger partial charge on any atom is 0.192 e. The third-order valence-corrected chi connectivity index (χ3v) is 4.61. The number of rotatable bonds is 12. The number of hydrogen-bond donors (Lipinski definition) is 3. The van der Waals surface area contributed by atoms with Crippen molar-refractivity contribution >= 4 is 5.78 Å². The van der Waals surface area contributed by atoms with Gasteiger partial charge in [0.05, 0.1) is 6.10 Å². The van der Waals surface area contributed by atoms with Gasteiger partial charge in [0.25, 0.3) is 0 Å². The lowest BCUT2D eigenvalue weighted by Crippen LogP contribution is -2.54. The number of hydrogen-bond acceptors (Lipinski definition) is 4. The van der Waals surface area contributed by atoms with Crippen molar-refractivity contribution in [2.45, 2.75) is 95.4 Å². The summed E-state index contributed by atoms with van der Waals surface area (Å²) in [6.07, 6.45) is 12.2. The zero-order valence-corrected chi connectivity index (χ0v) is 13.8. The lowest BCUT2D eigenvalue weighted by atomic mass is 9.87. The Morgan fingerprint density at radius 1 is 1.05 bits per heavy atom. The van der Waals surface area contributed by atoms with Crippen LogP contribution in [-0.4, -0.2) is 38.9 Å². The largest absolute Gasteiger partial charge is 0.390 e. The first-order chi connectivity index (χ1) is 10.5. The van der Waals surface area contributed by atoms with Gasteiger partial charge in [0.2, 0.25) is 0 Å².